The molecule has 0 saturated carbocycles. The van der Waals surface area contributed by atoms with Crippen molar-refractivity contribution in [2.75, 3.05) is 19.0 Å². The van der Waals surface area contributed by atoms with Gasteiger partial charge in [0.15, 0.2) is 0 Å². The van der Waals surface area contributed by atoms with E-state index in [4.69, 9.17) is 0 Å². The van der Waals surface area contributed by atoms with Crippen LogP contribution in [-0.2, 0) is 0 Å². The number of nitrogens with zero attached hydrogens (tertiary/aromatic N) is 1. The highest BCUT2D eigenvalue weighted by Gasteiger charge is 2.14. The highest BCUT2D eigenvalue weighted by Crippen LogP contribution is 2.31. The molecular weight excluding hydrogens is 258 g/mol. The second kappa shape index (κ2) is 6.01. The third-order valence-electron chi connectivity index (χ3n) is 3.45. The molecule has 0 aromatic heterocycles. The van der Waals surface area contributed by atoms with Gasteiger partial charge in [0.25, 0.3) is 0 Å². The molecule has 0 fully saturated rings. The number of hydrogen-bond donors (Lipinski definition) is 1. The number of halogens is 2. The normalized spacial score (nSPS) is 12.2. The van der Waals surface area contributed by atoms with Crippen molar-refractivity contribution in [3.63, 3.8) is 0 Å². The van der Waals surface area contributed by atoms with Crippen molar-refractivity contribution in [2.24, 2.45) is 0 Å². The lowest BCUT2D eigenvalue weighted by Gasteiger charge is -2.25. The monoisotopic (exact) mass is 276 g/mol. The van der Waals surface area contributed by atoms with E-state index in [1.807, 2.05) is 32.0 Å². The van der Waals surface area contributed by atoms with E-state index in [1.165, 1.54) is 24.3 Å². The van der Waals surface area contributed by atoms with Gasteiger partial charge in [-0.1, -0.05) is 6.07 Å². The molecule has 0 aliphatic carbocycles. The highest BCUT2D eigenvalue weighted by molar-refractivity contribution is 5.66. The number of anilines is 2. The SMILES string of the molecule is CNC(C)c1cc(F)ccc1N(C)c1cccc(F)c1. The molecule has 4 heteroatoms. The van der Waals surface area contributed by atoms with Gasteiger partial charge in [0.2, 0.25) is 0 Å². The standard InChI is InChI=1S/C16H18F2N2/c1-11(19-2)15-10-13(18)7-8-16(15)20(3)14-6-4-5-12(17)9-14/h4-11,19H,1-3H3. The second-order valence-electron chi connectivity index (χ2n) is 4.75. The lowest BCUT2D eigenvalue weighted by atomic mass is 10.0. The minimum absolute atomic E-state index is 0.00305. The molecule has 1 unspecified atom stereocenters. The molecule has 1 atom stereocenters. The summed E-state index contributed by atoms with van der Waals surface area (Å²) in [6.07, 6.45) is 0. The molecule has 0 radical (unpaired) electrons. The fourth-order valence-corrected chi connectivity index (χ4v) is 2.16. The first-order chi connectivity index (χ1) is 9.52. The third-order valence-corrected chi connectivity index (χ3v) is 3.45. The van der Waals surface area contributed by atoms with E-state index in [0.717, 1.165) is 16.9 Å². The molecule has 2 aromatic carbocycles. The Kier molecular flexibility index (Phi) is 4.35. The van der Waals surface area contributed by atoms with Gasteiger partial charge in [0, 0.05) is 24.5 Å². The Bertz CT molecular complexity index is 599. The van der Waals surface area contributed by atoms with Gasteiger partial charge < -0.3 is 10.2 Å². The van der Waals surface area contributed by atoms with E-state index in [0.29, 0.717) is 0 Å². The van der Waals surface area contributed by atoms with Crippen molar-refractivity contribution in [1.29, 1.82) is 0 Å². The Balaban J connectivity index is 2.46. The molecule has 2 rings (SSSR count). The van der Waals surface area contributed by atoms with E-state index >= 15 is 0 Å². The van der Waals surface area contributed by atoms with E-state index in [-0.39, 0.29) is 17.7 Å². The summed E-state index contributed by atoms with van der Waals surface area (Å²) >= 11 is 0. The molecule has 0 saturated heterocycles. The first-order valence-corrected chi connectivity index (χ1v) is 6.49. The van der Waals surface area contributed by atoms with Crippen LogP contribution in [0.3, 0.4) is 0 Å². The first kappa shape index (κ1) is 14.5. The van der Waals surface area contributed by atoms with Crippen LogP contribution in [0.2, 0.25) is 0 Å². The lowest BCUT2D eigenvalue weighted by Crippen LogP contribution is -2.18. The van der Waals surface area contributed by atoms with Gasteiger partial charge in [-0.15, -0.1) is 0 Å². The van der Waals surface area contributed by atoms with Crippen LogP contribution in [0.15, 0.2) is 42.5 Å². The molecule has 1 N–H and O–H groups in total. The average molecular weight is 276 g/mol. The fourth-order valence-electron chi connectivity index (χ4n) is 2.16. The molecule has 0 aliphatic heterocycles. The van der Waals surface area contributed by atoms with Crippen LogP contribution >= 0.6 is 0 Å². The molecule has 0 aliphatic rings. The topological polar surface area (TPSA) is 15.3 Å². The maximum absolute atomic E-state index is 13.5. The fraction of sp³-hybridized carbons (Fsp3) is 0.250. The summed E-state index contributed by atoms with van der Waals surface area (Å²) in [6, 6.07) is 11.0. The summed E-state index contributed by atoms with van der Waals surface area (Å²) in [5, 5.41) is 3.10. The summed E-state index contributed by atoms with van der Waals surface area (Å²) < 4.78 is 26.8. The first-order valence-electron chi connectivity index (χ1n) is 6.49. The van der Waals surface area contributed by atoms with Crippen LogP contribution in [-0.4, -0.2) is 14.1 Å². The predicted molar refractivity (Wildman–Crippen MR) is 78.3 cm³/mol. The smallest absolute Gasteiger partial charge is 0.125 e. The van der Waals surface area contributed by atoms with Crippen molar-refractivity contribution >= 4 is 11.4 Å². The predicted octanol–water partition coefficient (Wildman–Crippen LogP) is 4.01. The van der Waals surface area contributed by atoms with Crippen LogP contribution in [0.1, 0.15) is 18.5 Å². The van der Waals surface area contributed by atoms with E-state index in [2.05, 4.69) is 5.32 Å². The molecule has 20 heavy (non-hydrogen) atoms. The molecule has 2 nitrogen and oxygen atoms in total. The molecule has 0 spiro atoms. The molecule has 0 bridgehead atoms. The van der Waals surface area contributed by atoms with Crippen molar-refractivity contribution in [3.05, 3.63) is 59.7 Å². The number of benzene rings is 2. The van der Waals surface area contributed by atoms with Crippen LogP contribution in [0.5, 0.6) is 0 Å². The van der Waals surface area contributed by atoms with Crippen molar-refractivity contribution in [3.8, 4) is 0 Å². The molecule has 0 heterocycles. The number of hydrogen-bond acceptors (Lipinski definition) is 2. The van der Waals surface area contributed by atoms with E-state index < -0.39 is 0 Å². The van der Waals surface area contributed by atoms with Gasteiger partial charge >= 0.3 is 0 Å². The zero-order valence-electron chi connectivity index (χ0n) is 11.8. The zero-order valence-corrected chi connectivity index (χ0v) is 11.8. The maximum atomic E-state index is 13.5. The van der Waals surface area contributed by atoms with Gasteiger partial charge in [-0.05, 0) is 55.9 Å². The van der Waals surface area contributed by atoms with Crippen molar-refractivity contribution in [2.45, 2.75) is 13.0 Å². The van der Waals surface area contributed by atoms with Gasteiger partial charge in [-0.2, -0.15) is 0 Å². The Morgan fingerprint density at radius 2 is 1.75 bits per heavy atom. The highest BCUT2D eigenvalue weighted by atomic mass is 19.1. The molecular formula is C16H18F2N2. The summed E-state index contributed by atoms with van der Waals surface area (Å²) in [5.74, 6) is -0.571. The Hall–Kier alpha value is -1.94. The van der Waals surface area contributed by atoms with Crippen LogP contribution in [0.4, 0.5) is 20.2 Å². The minimum atomic E-state index is -0.292. The Morgan fingerprint density at radius 3 is 2.40 bits per heavy atom. The summed E-state index contributed by atoms with van der Waals surface area (Å²) in [6.45, 7) is 1.96. The van der Waals surface area contributed by atoms with Crippen LogP contribution in [0, 0.1) is 11.6 Å². The Labute approximate surface area is 118 Å². The molecule has 106 valence electrons. The van der Waals surface area contributed by atoms with E-state index in [9.17, 15) is 8.78 Å². The molecule has 2 aromatic rings. The second-order valence-corrected chi connectivity index (χ2v) is 4.75. The minimum Gasteiger partial charge on any atom is -0.344 e. The summed E-state index contributed by atoms with van der Waals surface area (Å²) in [4.78, 5) is 1.85. The van der Waals surface area contributed by atoms with Gasteiger partial charge in [0.1, 0.15) is 11.6 Å². The Morgan fingerprint density at radius 1 is 1.05 bits per heavy atom. The van der Waals surface area contributed by atoms with Crippen molar-refractivity contribution in [1.82, 2.24) is 5.32 Å². The van der Waals surface area contributed by atoms with Crippen LogP contribution in [0.25, 0.3) is 0 Å². The number of nitrogens with one attached hydrogen (secondary N) is 1. The zero-order chi connectivity index (χ0) is 14.7. The quantitative estimate of drug-likeness (QED) is 0.907. The summed E-state index contributed by atoms with van der Waals surface area (Å²) in [5.41, 5.74) is 2.40. The molecule has 0 amide bonds. The van der Waals surface area contributed by atoms with Gasteiger partial charge in [0.05, 0.1) is 0 Å². The summed E-state index contributed by atoms with van der Waals surface area (Å²) in [7, 11) is 3.66. The lowest BCUT2D eigenvalue weighted by molar-refractivity contribution is 0.608. The van der Waals surface area contributed by atoms with Crippen LogP contribution < -0.4 is 10.2 Å². The maximum Gasteiger partial charge on any atom is 0.125 e. The number of rotatable bonds is 4. The largest absolute Gasteiger partial charge is 0.344 e. The van der Waals surface area contributed by atoms with Crippen molar-refractivity contribution < 1.29 is 8.78 Å². The van der Waals surface area contributed by atoms with E-state index in [1.54, 1.807) is 12.1 Å². The average Bonchev–Trinajstić information content (AvgIpc) is 2.45. The van der Waals surface area contributed by atoms with Gasteiger partial charge in [-0.3, -0.25) is 0 Å². The third kappa shape index (κ3) is 2.96. The van der Waals surface area contributed by atoms with Gasteiger partial charge in [-0.25, -0.2) is 8.78 Å².